The third kappa shape index (κ3) is 5.58. The van der Waals surface area contributed by atoms with E-state index in [1.165, 1.54) is 6.92 Å². The molecule has 0 bridgehead atoms. The molecule has 1 atom stereocenters. The minimum atomic E-state index is -0.993. The Morgan fingerprint density at radius 2 is 1.81 bits per heavy atom. The molecule has 2 aromatic carbocycles. The number of rotatable bonds is 6. The minimum Gasteiger partial charge on any atom is -0.481 e. The summed E-state index contributed by atoms with van der Waals surface area (Å²) < 4.78 is 10.7. The van der Waals surface area contributed by atoms with Gasteiger partial charge < -0.3 is 14.8 Å². The van der Waals surface area contributed by atoms with Crippen molar-refractivity contribution in [2.45, 2.75) is 33.8 Å². The Kier molecular flexibility index (Phi) is 6.56. The van der Waals surface area contributed by atoms with Crippen LogP contribution in [0.25, 0.3) is 0 Å². The van der Waals surface area contributed by atoms with Crippen molar-refractivity contribution in [3.63, 3.8) is 0 Å². The molecule has 0 unspecified atom stereocenters. The van der Waals surface area contributed by atoms with E-state index in [-0.39, 0.29) is 6.61 Å². The Morgan fingerprint density at radius 3 is 2.44 bits per heavy atom. The Labute approximate surface area is 158 Å². The summed E-state index contributed by atoms with van der Waals surface area (Å²) in [6.07, 6.45) is -0.993. The van der Waals surface area contributed by atoms with Gasteiger partial charge in [0.25, 0.3) is 5.91 Å². The molecule has 1 amide bonds. The van der Waals surface area contributed by atoms with Gasteiger partial charge in [0.15, 0.2) is 12.7 Å². The van der Waals surface area contributed by atoms with Crippen molar-refractivity contribution in [3.05, 3.63) is 58.7 Å². The first-order chi connectivity index (χ1) is 12.8. The van der Waals surface area contributed by atoms with Gasteiger partial charge in [0.1, 0.15) is 5.75 Å². The van der Waals surface area contributed by atoms with E-state index in [4.69, 9.17) is 14.7 Å². The Bertz CT molecular complexity index is 876. The molecule has 0 spiro atoms. The Balaban J connectivity index is 1.89. The number of benzene rings is 2. The molecule has 0 radical (unpaired) electrons. The summed E-state index contributed by atoms with van der Waals surface area (Å²) in [5.41, 5.74) is 3.87. The highest BCUT2D eigenvalue weighted by Crippen LogP contribution is 2.24. The van der Waals surface area contributed by atoms with E-state index < -0.39 is 18.0 Å². The summed E-state index contributed by atoms with van der Waals surface area (Å²) >= 11 is 0. The fourth-order valence-corrected chi connectivity index (χ4v) is 2.72. The second-order valence-corrected chi connectivity index (χ2v) is 6.33. The van der Waals surface area contributed by atoms with Crippen LogP contribution < -0.4 is 10.1 Å². The normalized spacial score (nSPS) is 11.2. The van der Waals surface area contributed by atoms with Crippen molar-refractivity contribution in [2.75, 3.05) is 11.9 Å². The van der Waals surface area contributed by atoms with Crippen LogP contribution in [0.15, 0.2) is 36.4 Å². The summed E-state index contributed by atoms with van der Waals surface area (Å²) in [5.74, 6) is -0.480. The molecule has 2 aromatic rings. The predicted octanol–water partition coefficient (Wildman–Crippen LogP) is 3.43. The van der Waals surface area contributed by atoms with E-state index in [0.717, 1.165) is 16.7 Å². The third-order valence-electron chi connectivity index (χ3n) is 3.88. The van der Waals surface area contributed by atoms with Crippen LogP contribution in [0.4, 0.5) is 5.69 Å². The van der Waals surface area contributed by atoms with Crippen LogP contribution in [0.5, 0.6) is 5.75 Å². The summed E-state index contributed by atoms with van der Waals surface area (Å²) in [5, 5.41) is 11.5. The van der Waals surface area contributed by atoms with Crippen LogP contribution in [0.3, 0.4) is 0 Å². The topological polar surface area (TPSA) is 88.4 Å². The molecular formula is C21H22N2O4. The van der Waals surface area contributed by atoms with Gasteiger partial charge in [-0.1, -0.05) is 23.8 Å². The van der Waals surface area contributed by atoms with Crippen LogP contribution in [0.1, 0.15) is 29.2 Å². The van der Waals surface area contributed by atoms with Crippen LogP contribution in [0.2, 0.25) is 0 Å². The number of nitrogens with one attached hydrogen (secondary N) is 1. The lowest BCUT2D eigenvalue weighted by Crippen LogP contribution is -2.31. The molecule has 27 heavy (non-hydrogen) atoms. The zero-order valence-corrected chi connectivity index (χ0v) is 15.8. The molecular weight excluding hydrogens is 344 g/mol. The van der Waals surface area contributed by atoms with E-state index in [0.29, 0.717) is 17.0 Å². The molecule has 0 aliphatic carbocycles. The number of nitrogens with zero attached hydrogens (tertiary/aromatic N) is 1. The van der Waals surface area contributed by atoms with Crippen LogP contribution in [-0.2, 0) is 14.3 Å². The highest BCUT2D eigenvalue weighted by Gasteiger charge is 2.19. The minimum absolute atomic E-state index is 0.285. The molecule has 0 saturated heterocycles. The highest BCUT2D eigenvalue weighted by molar-refractivity contribution is 5.95. The van der Waals surface area contributed by atoms with Crippen molar-refractivity contribution >= 4 is 17.6 Å². The number of anilines is 1. The number of aryl methyl sites for hydroxylation is 3. The van der Waals surface area contributed by atoms with E-state index in [1.54, 1.807) is 24.3 Å². The zero-order chi connectivity index (χ0) is 20.0. The largest absolute Gasteiger partial charge is 0.481 e. The number of amides is 1. The molecule has 0 heterocycles. The quantitative estimate of drug-likeness (QED) is 0.791. The number of nitriles is 1. The summed E-state index contributed by atoms with van der Waals surface area (Å²) in [4.78, 5) is 24.2. The lowest BCUT2D eigenvalue weighted by atomic mass is 10.1. The molecule has 0 aromatic heterocycles. The van der Waals surface area contributed by atoms with E-state index >= 15 is 0 Å². The fourth-order valence-electron chi connectivity index (χ4n) is 2.72. The molecule has 6 heteroatoms. The van der Waals surface area contributed by atoms with Gasteiger partial charge in [0, 0.05) is 5.69 Å². The molecule has 0 saturated carbocycles. The van der Waals surface area contributed by atoms with Gasteiger partial charge in [-0.2, -0.15) is 5.26 Å². The predicted molar refractivity (Wildman–Crippen MR) is 101 cm³/mol. The summed E-state index contributed by atoms with van der Waals surface area (Å²) in [6, 6.07) is 12.4. The highest BCUT2D eigenvalue weighted by atomic mass is 16.6. The van der Waals surface area contributed by atoms with Crippen LogP contribution >= 0.6 is 0 Å². The standard InChI is InChI=1S/C21H22N2O4/c1-13-8-14(2)20(15(3)9-13)26-12-19(24)27-16(4)21(25)23-18-7-5-6-17(10-18)11-22/h5-10,16H,12H2,1-4H3,(H,23,25)/t16-/m1/s1. The van der Waals surface area contributed by atoms with Gasteiger partial charge >= 0.3 is 5.97 Å². The van der Waals surface area contributed by atoms with E-state index in [9.17, 15) is 9.59 Å². The second-order valence-electron chi connectivity index (χ2n) is 6.33. The molecule has 2 rings (SSSR count). The molecule has 0 aliphatic rings. The monoisotopic (exact) mass is 366 g/mol. The smallest absolute Gasteiger partial charge is 0.344 e. The van der Waals surface area contributed by atoms with Crippen molar-refractivity contribution in [1.29, 1.82) is 5.26 Å². The first-order valence-electron chi connectivity index (χ1n) is 8.51. The number of esters is 1. The van der Waals surface area contributed by atoms with Gasteiger partial charge in [-0.25, -0.2) is 4.79 Å². The van der Waals surface area contributed by atoms with Gasteiger partial charge in [-0.3, -0.25) is 4.79 Å². The maximum atomic E-state index is 12.2. The molecule has 140 valence electrons. The van der Waals surface area contributed by atoms with Crippen molar-refractivity contribution < 1.29 is 19.1 Å². The SMILES string of the molecule is Cc1cc(C)c(OCC(=O)O[C@H](C)C(=O)Nc2cccc(C#N)c2)c(C)c1. The van der Waals surface area contributed by atoms with E-state index in [2.05, 4.69) is 5.32 Å². The first kappa shape index (κ1) is 20.0. The molecule has 0 fully saturated rings. The van der Waals surface area contributed by atoms with Crippen molar-refractivity contribution in [1.82, 2.24) is 0 Å². The Morgan fingerprint density at radius 1 is 1.15 bits per heavy atom. The van der Waals surface area contributed by atoms with Crippen molar-refractivity contribution in [3.8, 4) is 11.8 Å². The zero-order valence-electron chi connectivity index (χ0n) is 15.8. The van der Waals surface area contributed by atoms with E-state index in [1.807, 2.05) is 39.0 Å². The molecule has 1 N–H and O–H groups in total. The average molecular weight is 366 g/mol. The lowest BCUT2D eigenvalue weighted by molar-refractivity contribution is -0.155. The fraction of sp³-hybridized carbons (Fsp3) is 0.286. The first-order valence-corrected chi connectivity index (χ1v) is 8.51. The van der Waals surface area contributed by atoms with Gasteiger partial charge in [-0.15, -0.1) is 0 Å². The number of hydrogen-bond acceptors (Lipinski definition) is 5. The molecule has 6 nitrogen and oxygen atoms in total. The number of carbonyl (C=O) groups excluding carboxylic acids is 2. The van der Waals surface area contributed by atoms with Crippen LogP contribution in [-0.4, -0.2) is 24.6 Å². The van der Waals surface area contributed by atoms with Crippen LogP contribution in [0, 0.1) is 32.1 Å². The average Bonchev–Trinajstić information content (AvgIpc) is 2.60. The molecule has 0 aliphatic heterocycles. The van der Waals surface area contributed by atoms with Gasteiger partial charge in [-0.05, 0) is 57.0 Å². The van der Waals surface area contributed by atoms with Gasteiger partial charge in [0.05, 0.1) is 11.6 Å². The van der Waals surface area contributed by atoms with Gasteiger partial charge in [0.2, 0.25) is 0 Å². The number of hydrogen-bond donors (Lipinski definition) is 1. The lowest BCUT2D eigenvalue weighted by Gasteiger charge is -2.15. The van der Waals surface area contributed by atoms with Crippen molar-refractivity contribution in [2.24, 2.45) is 0 Å². The Hall–Kier alpha value is -3.33. The number of carbonyl (C=O) groups is 2. The second kappa shape index (κ2) is 8.86. The number of ether oxygens (including phenoxy) is 2. The maximum Gasteiger partial charge on any atom is 0.344 e. The maximum absolute atomic E-state index is 12.2. The summed E-state index contributed by atoms with van der Waals surface area (Å²) in [6.45, 7) is 7.00. The third-order valence-corrected chi connectivity index (χ3v) is 3.88. The summed E-state index contributed by atoms with van der Waals surface area (Å²) in [7, 11) is 0.